The average molecular weight is 302 g/mol. The van der Waals surface area contributed by atoms with Gasteiger partial charge in [-0.1, -0.05) is 36.4 Å². The van der Waals surface area contributed by atoms with Gasteiger partial charge >= 0.3 is 5.97 Å². The second-order valence-electron chi connectivity index (χ2n) is 5.50. The Hall–Kier alpha value is -1.94. The van der Waals surface area contributed by atoms with Gasteiger partial charge in [-0.25, -0.2) is 4.79 Å². The van der Waals surface area contributed by atoms with Crippen LogP contribution in [0.25, 0.3) is 0 Å². The number of benzene rings is 1. The van der Waals surface area contributed by atoms with Gasteiger partial charge in [-0.05, 0) is 38.2 Å². The average Bonchev–Trinajstić information content (AvgIpc) is 2.95. The number of allylic oxidation sites excluding steroid dienone is 1. The summed E-state index contributed by atoms with van der Waals surface area (Å²) in [5.41, 5.74) is -0.460. The van der Waals surface area contributed by atoms with E-state index in [0.717, 1.165) is 12.0 Å². The highest BCUT2D eigenvalue weighted by Gasteiger charge is 2.44. The van der Waals surface area contributed by atoms with Gasteiger partial charge in [-0.15, -0.1) is 0 Å². The van der Waals surface area contributed by atoms with Crippen molar-refractivity contribution in [3.05, 3.63) is 47.5 Å². The molecule has 0 spiro atoms. The number of esters is 1. The number of aliphatic hydroxyl groups is 1. The Morgan fingerprint density at radius 2 is 2.05 bits per heavy atom. The molecule has 0 radical (unpaired) electrons. The van der Waals surface area contributed by atoms with Gasteiger partial charge in [-0.2, -0.15) is 0 Å². The van der Waals surface area contributed by atoms with Crippen molar-refractivity contribution < 1.29 is 19.4 Å². The summed E-state index contributed by atoms with van der Waals surface area (Å²) in [5, 5.41) is 10.8. The van der Waals surface area contributed by atoms with E-state index in [4.69, 9.17) is 4.74 Å². The van der Waals surface area contributed by atoms with E-state index in [9.17, 15) is 14.7 Å². The lowest BCUT2D eigenvalue weighted by atomic mass is 9.86. The molecule has 0 aromatic heterocycles. The smallest absolute Gasteiger partial charge is 0.342 e. The first kappa shape index (κ1) is 16.4. The van der Waals surface area contributed by atoms with Crippen molar-refractivity contribution >= 4 is 11.8 Å². The fraction of sp³-hybridized carbons (Fsp3) is 0.444. The molecule has 4 nitrogen and oxygen atoms in total. The van der Waals surface area contributed by atoms with Crippen LogP contribution in [0.3, 0.4) is 0 Å². The van der Waals surface area contributed by atoms with Gasteiger partial charge in [0, 0.05) is 12.0 Å². The van der Waals surface area contributed by atoms with Gasteiger partial charge in [0.05, 0.1) is 6.61 Å². The largest absolute Gasteiger partial charge is 0.464 e. The Morgan fingerprint density at radius 1 is 1.32 bits per heavy atom. The lowest BCUT2D eigenvalue weighted by Gasteiger charge is -2.26. The molecule has 1 aromatic rings. The number of hydrogen-bond acceptors (Lipinski definition) is 4. The fourth-order valence-electron chi connectivity index (χ4n) is 2.79. The predicted molar refractivity (Wildman–Crippen MR) is 83.3 cm³/mol. The molecule has 1 aliphatic carbocycles. The van der Waals surface area contributed by atoms with E-state index in [1.165, 1.54) is 0 Å². The molecule has 4 heteroatoms. The molecule has 0 fully saturated rings. The third-order valence-corrected chi connectivity index (χ3v) is 3.93. The molecule has 1 aromatic carbocycles. The molecule has 2 rings (SSSR count). The zero-order valence-electron chi connectivity index (χ0n) is 12.9. The minimum atomic E-state index is -1.81. The Morgan fingerprint density at radius 3 is 2.64 bits per heavy atom. The van der Waals surface area contributed by atoms with Gasteiger partial charge in [-0.3, -0.25) is 4.79 Å². The Bertz CT molecular complexity index is 562. The highest BCUT2D eigenvalue weighted by Crippen LogP contribution is 2.31. The Kier molecular flexibility index (Phi) is 5.50. The minimum absolute atomic E-state index is 0.157. The summed E-state index contributed by atoms with van der Waals surface area (Å²) in [7, 11) is 0. The molecule has 22 heavy (non-hydrogen) atoms. The van der Waals surface area contributed by atoms with Crippen LogP contribution >= 0.6 is 0 Å². The van der Waals surface area contributed by atoms with Crippen molar-refractivity contribution in [1.29, 1.82) is 0 Å². The maximum Gasteiger partial charge on any atom is 0.342 e. The number of hydrogen-bond donors (Lipinski definition) is 1. The molecule has 1 atom stereocenters. The Balaban J connectivity index is 2.08. The molecule has 0 amide bonds. The van der Waals surface area contributed by atoms with Crippen LogP contribution in [0.1, 0.15) is 38.2 Å². The SMILES string of the molecule is CCOC(=O)C(O)(CCCc1ccccc1)C1=CCCC1=O. The van der Waals surface area contributed by atoms with Crippen LogP contribution in [0.15, 0.2) is 42.0 Å². The normalized spacial score (nSPS) is 17.0. The molecular formula is C18H22O4. The molecule has 118 valence electrons. The summed E-state index contributed by atoms with van der Waals surface area (Å²) in [6, 6.07) is 9.86. The number of Topliss-reactive ketones (excluding diaryl/α,β-unsaturated/α-hetero) is 1. The maximum atomic E-state index is 12.2. The summed E-state index contributed by atoms with van der Waals surface area (Å²) in [6.45, 7) is 1.87. The minimum Gasteiger partial charge on any atom is -0.464 e. The van der Waals surface area contributed by atoms with E-state index in [2.05, 4.69) is 0 Å². The third kappa shape index (κ3) is 3.63. The first-order valence-electron chi connectivity index (χ1n) is 7.75. The lowest BCUT2D eigenvalue weighted by Crippen LogP contribution is -2.44. The zero-order chi connectivity index (χ0) is 16.0. The molecule has 0 saturated heterocycles. The number of rotatable bonds is 7. The Labute approximate surface area is 130 Å². The molecule has 0 heterocycles. The van der Waals surface area contributed by atoms with Gasteiger partial charge in [0.1, 0.15) is 0 Å². The quantitative estimate of drug-likeness (QED) is 0.786. The molecule has 1 aliphatic rings. The van der Waals surface area contributed by atoms with E-state index in [-0.39, 0.29) is 24.4 Å². The van der Waals surface area contributed by atoms with Crippen molar-refractivity contribution in [3.8, 4) is 0 Å². The number of ether oxygens (including phenoxy) is 1. The van der Waals surface area contributed by atoms with Crippen LogP contribution in [-0.4, -0.2) is 29.1 Å². The number of aryl methyl sites for hydroxylation is 1. The van der Waals surface area contributed by atoms with Crippen LogP contribution in [0.4, 0.5) is 0 Å². The number of carbonyl (C=O) groups is 2. The highest BCUT2D eigenvalue weighted by atomic mass is 16.5. The third-order valence-electron chi connectivity index (χ3n) is 3.93. The second kappa shape index (κ2) is 7.36. The summed E-state index contributed by atoms with van der Waals surface area (Å²) in [6.07, 6.45) is 4.14. The van der Waals surface area contributed by atoms with Gasteiger partial charge in [0.25, 0.3) is 0 Å². The van der Waals surface area contributed by atoms with E-state index in [1.807, 2.05) is 30.3 Å². The van der Waals surface area contributed by atoms with Crippen LogP contribution in [0.5, 0.6) is 0 Å². The van der Waals surface area contributed by atoms with Crippen LogP contribution in [0.2, 0.25) is 0 Å². The molecule has 0 saturated carbocycles. The first-order valence-corrected chi connectivity index (χ1v) is 7.75. The monoisotopic (exact) mass is 302 g/mol. The summed E-state index contributed by atoms with van der Waals surface area (Å²) < 4.78 is 4.99. The van der Waals surface area contributed by atoms with Gasteiger partial charge in [0.15, 0.2) is 11.4 Å². The van der Waals surface area contributed by atoms with Crippen molar-refractivity contribution in [2.75, 3.05) is 6.61 Å². The van der Waals surface area contributed by atoms with Crippen molar-refractivity contribution in [2.45, 2.75) is 44.6 Å². The van der Waals surface area contributed by atoms with Crippen LogP contribution in [-0.2, 0) is 20.7 Å². The van der Waals surface area contributed by atoms with Crippen LogP contribution < -0.4 is 0 Å². The predicted octanol–water partition coefficient (Wildman–Crippen LogP) is 2.59. The van der Waals surface area contributed by atoms with E-state index in [0.29, 0.717) is 19.3 Å². The second-order valence-corrected chi connectivity index (χ2v) is 5.50. The maximum absolute atomic E-state index is 12.2. The first-order chi connectivity index (χ1) is 10.6. The number of ketones is 1. The van der Waals surface area contributed by atoms with E-state index >= 15 is 0 Å². The molecule has 1 unspecified atom stereocenters. The van der Waals surface area contributed by atoms with Crippen molar-refractivity contribution in [3.63, 3.8) is 0 Å². The highest BCUT2D eigenvalue weighted by molar-refractivity contribution is 6.05. The van der Waals surface area contributed by atoms with Crippen molar-refractivity contribution in [1.82, 2.24) is 0 Å². The van der Waals surface area contributed by atoms with Gasteiger partial charge in [0.2, 0.25) is 0 Å². The summed E-state index contributed by atoms with van der Waals surface area (Å²) in [5.74, 6) is -0.875. The molecular weight excluding hydrogens is 280 g/mol. The standard InChI is InChI=1S/C18H22O4/c1-2-22-17(20)18(21,15-11-6-12-16(15)19)13-7-10-14-8-4-3-5-9-14/h3-5,8-9,11,21H,2,6-7,10,12-13H2,1H3. The summed E-state index contributed by atoms with van der Waals surface area (Å²) >= 11 is 0. The van der Waals surface area contributed by atoms with Gasteiger partial charge < -0.3 is 9.84 Å². The lowest BCUT2D eigenvalue weighted by molar-refractivity contribution is -0.162. The fourth-order valence-corrected chi connectivity index (χ4v) is 2.79. The molecule has 0 aliphatic heterocycles. The molecule has 1 N–H and O–H groups in total. The molecule has 0 bridgehead atoms. The van der Waals surface area contributed by atoms with E-state index in [1.54, 1.807) is 13.0 Å². The zero-order valence-corrected chi connectivity index (χ0v) is 12.9. The topological polar surface area (TPSA) is 63.6 Å². The number of carbonyl (C=O) groups excluding carboxylic acids is 2. The van der Waals surface area contributed by atoms with Crippen molar-refractivity contribution in [2.24, 2.45) is 0 Å². The summed E-state index contributed by atoms with van der Waals surface area (Å²) in [4.78, 5) is 24.1. The van der Waals surface area contributed by atoms with Crippen LogP contribution in [0, 0.1) is 0 Å². The van der Waals surface area contributed by atoms with E-state index < -0.39 is 11.6 Å².